The first kappa shape index (κ1) is 17.6. The number of amides is 1. The summed E-state index contributed by atoms with van der Waals surface area (Å²) in [6, 6.07) is 9.83. The van der Waals surface area contributed by atoms with Gasteiger partial charge in [0.05, 0.1) is 13.4 Å². The Kier molecular flexibility index (Phi) is 5.28. The van der Waals surface area contributed by atoms with Crippen LogP contribution in [0.1, 0.15) is 43.0 Å². The second kappa shape index (κ2) is 7.21. The Hall–Kier alpha value is -2.76. The van der Waals surface area contributed by atoms with Crippen LogP contribution in [-0.4, -0.2) is 24.5 Å². The van der Waals surface area contributed by atoms with E-state index in [1.54, 1.807) is 37.4 Å². The molecule has 2 rings (SSSR count). The minimum absolute atomic E-state index is 0.0390. The first-order valence-corrected chi connectivity index (χ1v) is 7.50. The highest BCUT2D eigenvalue weighted by molar-refractivity contribution is 5.90. The zero-order valence-electron chi connectivity index (χ0n) is 14.2. The molecule has 1 heterocycles. The molecule has 2 aromatic rings. The zero-order chi connectivity index (χ0) is 17.7. The largest absolute Gasteiger partial charge is 0.497 e. The summed E-state index contributed by atoms with van der Waals surface area (Å²) in [5.74, 6) is -0.430. The molecule has 6 heteroatoms. The van der Waals surface area contributed by atoms with Gasteiger partial charge in [-0.05, 0) is 45.0 Å². The zero-order valence-corrected chi connectivity index (χ0v) is 14.2. The summed E-state index contributed by atoms with van der Waals surface area (Å²) in [5, 5.41) is 2.82. The van der Waals surface area contributed by atoms with Crippen LogP contribution in [0.5, 0.6) is 5.75 Å². The molecular formula is C18H21NO5. The maximum atomic E-state index is 12.6. The van der Waals surface area contributed by atoms with Crippen LogP contribution in [0.25, 0.3) is 0 Å². The van der Waals surface area contributed by atoms with Crippen molar-refractivity contribution in [1.29, 1.82) is 0 Å². The number of furan rings is 1. The van der Waals surface area contributed by atoms with Gasteiger partial charge < -0.3 is 19.2 Å². The van der Waals surface area contributed by atoms with Crippen LogP contribution in [-0.2, 0) is 9.53 Å². The quantitative estimate of drug-likeness (QED) is 0.852. The van der Waals surface area contributed by atoms with Gasteiger partial charge in [0.2, 0.25) is 11.9 Å². The molecule has 0 saturated carbocycles. The summed E-state index contributed by atoms with van der Waals surface area (Å²) >= 11 is 0. The van der Waals surface area contributed by atoms with Crippen LogP contribution < -0.4 is 10.1 Å². The predicted molar refractivity (Wildman–Crippen MR) is 87.8 cm³/mol. The van der Waals surface area contributed by atoms with Gasteiger partial charge in [0, 0.05) is 11.1 Å². The van der Waals surface area contributed by atoms with Gasteiger partial charge in [-0.1, -0.05) is 12.1 Å². The van der Waals surface area contributed by atoms with Gasteiger partial charge >= 0.3 is 5.97 Å². The molecule has 1 aromatic heterocycles. The molecule has 1 amide bonds. The fourth-order valence-corrected chi connectivity index (χ4v) is 2.05. The molecule has 0 fully saturated rings. The standard InChI is InChI=1S/C18H21NO5/c1-18(2,3)19-16(20)15(12-7-9-13(22-4)10-8-12)24-17(21)14-6-5-11-23-14/h5-11,15H,1-4H3,(H,19,20)/t15-/m0/s1. The summed E-state index contributed by atoms with van der Waals surface area (Å²) in [7, 11) is 1.55. The van der Waals surface area contributed by atoms with Gasteiger partial charge in [-0.15, -0.1) is 0 Å². The van der Waals surface area contributed by atoms with E-state index in [-0.39, 0.29) is 5.76 Å². The van der Waals surface area contributed by atoms with Crippen LogP contribution in [0.3, 0.4) is 0 Å². The number of hydrogen-bond acceptors (Lipinski definition) is 5. The predicted octanol–water partition coefficient (Wildman–Crippen LogP) is 3.10. The van der Waals surface area contributed by atoms with Crippen molar-refractivity contribution in [2.45, 2.75) is 32.4 Å². The molecule has 0 bridgehead atoms. The number of benzene rings is 1. The molecule has 24 heavy (non-hydrogen) atoms. The van der Waals surface area contributed by atoms with E-state index in [2.05, 4.69) is 5.32 Å². The Morgan fingerprint density at radius 1 is 1.12 bits per heavy atom. The van der Waals surface area contributed by atoms with Crippen LogP contribution in [0, 0.1) is 0 Å². The van der Waals surface area contributed by atoms with E-state index in [4.69, 9.17) is 13.9 Å². The Balaban J connectivity index is 2.26. The van der Waals surface area contributed by atoms with Crippen molar-refractivity contribution < 1.29 is 23.5 Å². The van der Waals surface area contributed by atoms with E-state index in [0.717, 1.165) is 0 Å². The number of ether oxygens (including phenoxy) is 2. The van der Waals surface area contributed by atoms with Crippen molar-refractivity contribution in [3.05, 3.63) is 54.0 Å². The fourth-order valence-electron chi connectivity index (χ4n) is 2.05. The lowest BCUT2D eigenvalue weighted by atomic mass is 10.0. The van der Waals surface area contributed by atoms with Gasteiger partial charge in [0.1, 0.15) is 5.75 Å². The monoisotopic (exact) mass is 331 g/mol. The molecule has 0 radical (unpaired) electrons. The summed E-state index contributed by atoms with van der Waals surface area (Å²) in [4.78, 5) is 24.7. The van der Waals surface area contributed by atoms with Crippen LogP contribution in [0.2, 0.25) is 0 Å². The summed E-state index contributed by atoms with van der Waals surface area (Å²) in [5.41, 5.74) is 0.0799. The highest BCUT2D eigenvalue weighted by Gasteiger charge is 2.29. The molecule has 6 nitrogen and oxygen atoms in total. The summed E-state index contributed by atoms with van der Waals surface area (Å²) in [6.45, 7) is 5.55. The van der Waals surface area contributed by atoms with Crippen molar-refractivity contribution in [3.8, 4) is 5.75 Å². The summed E-state index contributed by atoms with van der Waals surface area (Å²) in [6.07, 6.45) is 0.279. The lowest BCUT2D eigenvalue weighted by Crippen LogP contribution is -2.44. The van der Waals surface area contributed by atoms with E-state index >= 15 is 0 Å². The Morgan fingerprint density at radius 3 is 2.29 bits per heavy atom. The number of esters is 1. The van der Waals surface area contributed by atoms with Gasteiger partial charge in [0.15, 0.2) is 0 Å². The van der Waals surface area contributed by atoms with E-state index in [9.17, 15) is 9.59 Å². The molecule has 1 aromatic carbocycles. The lowest BCUT2D eigenvalue weighted by molar-refractivity contribution is -0.131. The first-order chi connectivity index (χ1) is 11.3. The van der Waals surface area contributed by atoms with E-state index in [0.29, 0.717) is 11.3 Å². The van der Waals surface area contributed by atoms with Crippen molar-refractivity contribution >= 4 is 11.9 Å². The Bertz CT molecular complexity index is 683. The van der Waals surface area contributed by atoms with Crippen molar-refractivity contribution in [1.82, 2.24) is 5.32 Å². The minimum Gasteiger partial charge on any atom is -0.497 e. The van der Waals surface area contributed by atoms with E-state index in [1.165, 1.54) is 12.3 Å². The molecule has 0 saturated heterocycles. The molecule has 0 aliphatic heterocycles. The highest BCUT2D eigenvalue weighted by Crippen LogP contribution is 2.23. The average Bonchev–Trinajstić information content (AvgIpc) is 3.05. The fraction of sp³-hybridized carbons (Fsp3) is 0.333. The Labute approximate surface area is 140 Å². The third-order valence-electron chi connectivity index (χ3n) is 3.10. The minimum atomic E-state index is -1.09. The van der Waals surface area contributed by atoms with E-state index in [1.807, 2.05) is 20.8 Å². The number of rotatable bonds is 5. The molecule has 1 atom stereocenters. The highest BCUT2D eigenvalue weighted by atomic mass is 16.6. The normalized spacial score (nSPS) is 12.3. The van der Waals surface area contributed by atoms with Crippen LogP contribution in [0.15, 0.2) is 47.1 Å². The molecule has 0 unspecified atom stereocenters. The van der Waals surface area contributed by atoms with Crippen molar-refractivity contribution in [2.75, 3.05) is 7.11 Å². The second-order valence-corrected chi connectivity index (χ2v) is 6.28. The van der Waals surface area contributed by atoms with Crippen LogP contribution in [0.4, 0.5) is 0 Å². The second-order valence-electron chi connectivity index (χ2n) is 6.28. The number of carbonyl (C=O) groups is 2. The van der Waals surface area contributed by atoms with Gasteiger partial charge in [-0.25, -0.2) is 4.79 Å². The van der Waals surface area contributed by atoms with Crippen molar-refractivity contribution in [2.24, 2.45) is 0 Å². The number of carbonyl (C=O) groups excluding carboxylic acids is 2. The van der Waals surface area contributed by atoms with Crippen LogP contribution >= 0.6 is 0 Å². The molecule has 0 aliphatic rings. The smallest absolute Gasteiger partial charge is 0.375 e. The topological polar surface area (TPSA) is 77.8 Å². The lowest BCUT2D eigenvalue weighted by Gasteiger charge is -2.25. The SMILES string of the molecule is COc1ccc([C@H](OC(=O)c2ccco2)C(=O)NC(C)(C)C)cc1. The van der Waals surface area contributed by atoms with E-state index < -0.39 is 23.5 Å². The number of hydrogen-bond donors (Lipinski definition) is 1. The summed E-state index contributed by atoms with van der Waals surface area (Å²) < 4.78 is 15.5. The van der Waals surface area contributed by atoms with Gasteiger partial charge in [-0.2, -0.15) is 0 Å². The molecule has 0 aliphatic carbocycles. The molecule has 1 N–H and O–H groups in total. The maximum Gasteiger partial charge on any atom is 0.375 e. The van der Waals surface area contributed by atoms with Gasteiger partial charge in [0.25, 0.3) is 5.91 Å². The third kappa shape index (κ3) is 4.62. The third-order valence-corrected chi connectivity index (χ3v) is 3.10. The van der Waals surface area contributed by atoms with Crippen molar-refractivity contribution in [3.63, 3.8) is 0 Å². The number of nitrogens with one attached hydrogen (secondary N) is 1. The number of methoxy groups -OCH3 is 1. The average molecular weight is 331 g/mol. The molecule has 0 spiro atoms. The maximum absolute atomic E-state index is 12.6. The molecular weight excluding hydrogens is 310 g/mol. The molecule has 128 valence electrons. The Morgan fingerprint density at radius 2 is 1.79 bits per heavy atom. The van der Waals surface area contributed by atoms with Gasteiger partial charge in [-0.3, -0.25) is 4.79 Å². The first-order valence-electron chi connectivity index (χ1n) is 7.50.